The predicted molar refractivity (Wildman–Crippen MR) is 77.2 cm³/mol. The Morgan fingerprint density at radius 2 is 1.90 bits per heavy atom. The second-order valence-electron chi connectivity index (χ2n) is 5.02. The predicted octanol–water partition coefficient (Wildman–Crippen LogP) is 2.04. The largest absolute Gasteiger partial charge is 0.478 e. The first kappa shape index (κ1) is 14.6. The van der Waals surface area contributed by atoms with Crippen LogP contribution in [-0.2, 0) is 10.0 Å². The number of anilines is 2. The van der Waals surface area contributed by atoms with Crippen molar-refractivity contribution < 1.29 is 18.3 Å². The van der Waals surface area contributed by atoms with Crippen molar-refractivity contribution in [1.29, 1.82) is 0 Å². The normalized spacial score (nSPS) is 16.8. The maximum absolute atomic E-state index is 12.3. The molecule has 0 spiro atoms. The maximum Gasteiger partial charge on any atom is 0.337 e. The van der Waals surface area contributed by atoms with Crippen LogP contribution in [0.2, 0.25) is 0 Å². The van der Waals surface area contributed by atoms with Crippen molar-refractivity contribution in [1.82, 2.24) is 0 Å². The molecule has 0 saturated heterocycles. The molecule has 1 aliphatic rings. The number of hydrogen-bond donors (Lipinski definition) is 3. The van der Waals surface area contributed by atoms with E-state index in [0.29, 0.717) is 12.8 Å². The van der Waals surface area contributed by atoms with Gasteiger partial charge in [-0.3, -0.25) is 4.72 Å². The first-order valence-electron chi connectivity index (χ1n) is 6.54. The minimum Gasteiger partial charge on any atom is -0.478 e. The third-order valence-corrected chi connectivity index (χ3v) is 5.37. The van der Waals surface area contributed by atoms with Gasteiger partial charge in [-0.1, -0.05) is 19.3 Å². The molecule has 0 radical (unpaired) electrons. The average molecular weight is 298 g/mol. The fourth-order valence-corrected chi connectivity index (χ4v) is 4.04. The van der Waals surface area contributed by atoms with Crippen LogP contribution in [0.25, 0.3) is 0 Å². The van der Waals surface area contributed by atoms with Gasteiger partial charge >= 0.3 is 5.97 Å². The van der Waals surface area contributed by atoms with Crippen LogP contribution >= 0.6 is 0 Å². The van der Waals surface area contributed by atoms with E-state index in [1.54, 1.807) is 0 Å². The van der Waals surface area contributed by atoms with Crippen LogP contribution in [0.15, 0.2) is 18.2 Å². The maximum atomic E-state index is 12.3. The molecule has 0 bridgehead atoms. The summed E-state index contributed by atoms with van der Waals surface area (Å²) in [5.41, 5.74) is 5.74. The van der Waals surface area contributed by atoms with Crippen LogP contribution in [0.3, 0.4) is 0 Å². The van der Waals surface area contributed by atoms with Crippen LogP contribution < -0.4 is 10.5 Å². The minimum absolute atomic E-state index is 0.0669. The highest BCUT2D eigenvalue weighted by Gasteiger charge is 2.28. The number of aromatic carboxylic acids is 1. The molecule has 0 amide bonds. The third-order valence-electron chi connectivity index (χ3n) is 3.52. The smallest absolute Gasteiger partial charge is 0.337 e. The topological polar surface area (TPSA) is 109 Å². The molecule has 1 aromatic rings. The van der Waals surface area contributed by atoms with Gasteiger partial charge in [-0.25, -0.2) is 13.2 Å². The molecule has 1 aromatic carbocycles. The molecular weight excluding hydrogens is 280 g/mol. The van der Waals surface area contributed by atoms with Gasteiger partial charge in [0.05, 0.1) is 16.5 Å². The van der Waals surface area contributed by atoms with E-state index in [1.807, 2.05) is 0 Å². The number of carboxylic acids is 1. The SMILES string of the molecule is Nc1ccc(NS(=O)(=O)C2CCCCC2)c(C(=O)O)c1. The van der Waals surface area contributed by atoms with E-state index in [2.05, 4.69) is 4.72 Å². The number of nitrogens with one attached hydrogen (secondary N) is 1. The third kappa shape index (κ3) is 3.22. The van der Waals surface area contributed by atoms with Gasteiger partial charge in [0.25, 0.3) is 0 Å². The summed E-state index contributed by atoms with van der Waals surface area (Å²) in [7, 11) is -3.56. The molecule has 0 aromatic heterocycles. The lowest BCUT2D eigenvalue weighted by Gasteiger charge is -2.23. The Balaban J connectivity index is 2.27. The molecule has 1 saturated carbocycles. The lowest BCUT2D eigenvalue weighted by Crippen LogP contribution is -2.30. The zero-order valence-corrected chi connectivity index (χ0v) is 11.8. The molecule has 1 aliphatic carbocycles. The van der Waals surface area contributed by atoms with E-state index >= 15 is 0 Å². The first-order valence-corrected chi connectivity index (χ1v) is 8.09. The number of carbonyl (C=O) groups is 1. The van der Waals surface area contributed by atoms with E-state index in [0.717, 1.165) is 19.3 Å². The van der Waals surface area contributed by atoms with Crippen LogP contribution in [0.1, 0.15) is 42.5 Å². The lowest BCUT2D eigenvalue weighted by molar-refractivity contribution is 0.0698. The molecule has 6 nitrogen and oxygen atoms in total. The number of carboxylic acid groups (broad SMARTS) is 1. The van der Waals surface area contributed by atoms with Gasteiger partial charge < -0.3 is 10.8 Å². The van der Waals surface area contributed by atoms with Gasteiger partial charge in [0.2, 0.25) is 10.0 Å². The van der Waals surface area contributed by atoms with Crippen molar-refractivity contribution in [2.75, 3.05) is 10.5 Å². The summed E-state index contributed by atoms with van der Waals surface area (Å²) in [6.07, 6.45) is 4.06. The standard InChI is InChI=1S/C13H18N2O4S/c14-9-6-7-12(11(8-9)13(16)17)15-20(18,19)10-4-2-1-3-5-10/h6-8,10,15H,1-5,14H2,(H,16,17). The van der Waals surface area contributed by atoms with Crippen molar-refractivity contribution in [3.8, 4) is 0 Å². The van der Waals surface area contributed by atoms with Crippen molar-refractivity contribution >= 4 is 27.4 Å². The van der Waals surface area contributed by atoms with Gasteiger partial charge in [-0.05, 0) is 31.0 Å². The Kier molecular flexibility index (Phi) is 4.17. The molecule has 0 atom stereocenters. The van der Waals surface area contributed by atoms with Crippen LogP contribution in [0, 0.1) is 0 Å². The summed E-state index contributed by atoms with van der Waals surface area (Å²) in [6.45, 7) is 0. The van der Waals surface area contributed by atoms with Crippen molar-refractivity contribution in [2.24, 2.45) is 0 Å². The molecule has 7 heteroatoms. The Bertz CT molecular complexity index is 607. The quantitative estimate of drug-likeness (QED) is 0.737. The summed E-state index contributed by atoms with van der Waals surface area (Å²) >= 11 is 0. The highest BCUT2D eigenvalue weighted by Crippen LogP contribution is 2.27. The molecule has 2 rings (SSSR count). The van der Waals surface area contributed by atoms with Gasteiger partial charge in [0, 0.05) is 5.69 Å². The zero-order valence-electron chi connectivity index (χ0n) is 11.0. The van der Waals surface area contributed by atoms with Crippen LogP contribution in [0.4, 0.5) is 11.4 Å². The van der Waals surface area contributed by atoms with Gasteiger partial charge in [0.15, 0.2) is 0 Å². The Hall–Kier alpha value is -1.76. The highest BCUT2D eigenvalue weighted by molar-refractivity contribution is 7.93. The summed E-state index contributed by atoms with van der Waals surface area (Å²) < 4.78 is 27.0. The van der Waals surface area contributed by atoms with Gasteiger partial charge in [0.1, 0.15) is 0 Å². The van der Waals surface area contributed by atoms with Crippen molar-refractivity contribution in [2.45, 2.75) is 37.4 Å². The minimum atomic E-state index is -3.56. The lowest BCUT2D eigenvalue weighted by atomic mass is 10.0. The molecule has 0 unspecified atom stereocenters. The summed E-state index contributed by atoms with van der Waals surface area (Å²) in [5, 5.41) is 8.66. The van der Waals surface area contributed by atoms with E-state index < -0.39 is 21.2 Å². The number of hydrogen-bond acceptors (Lipinski definition) is 4. The second kappa shape index (κ2) is 5.70. The Labute approximate surface area is 118 Å². The number of nitrogens with two attached hydrogens (primary N) is 1. The van der Waals surface area contributed by atoms with Crippen molar-refractivity contribution in [3.05, 3.63) is 23.8 Å². The fourth-order valence-electron chi connectivity index (χ4n) is 2.44. The molecule has 0 heterocycles. The number of nitrogen functional groups attached to an aromatic ring is 1. The van der Waals surface area contributed by atoms with Gasteiger partial charge in [-0.15, -0.1) is 0 Å². The molecule has 1 fully saturated rings. The van der Waals surface area contributed by atoms with Gasteiger partial charge in [-0.2, -0.15) is 0 Å². The highest BCUT2D eigenvalue weighted by atomic mass is 32.2. The van der Waals surface area contributed by atoms with Crippen LogP contribution in [0.5, 0.6) is 0 Å². The van der Waals surface area contributed by atoms with E-state index in [9.17, 15) is 13.2 Å². The number of benzene rings is 1. The Morgan fingerprint density at radius 3 is 2.50 bits per heavy atom. The molecule has 4 N–H and O–H groups in total. The summed E-state index contributed by atoms with van der Waals surface area (Å²) in [4.78, 5) is 11.1. The first-order chi connectivity index (χ1) is 9.40. The monoisotopic (exact) mass is 298 g/mol. The number of rotatable bonds is 4. The van der Waals surface area contributed by atoms with E-state index in [4.69, 9.17) is 10.8 Å². The molecule has 110 valence electrons. The fraction of sp³-hybridized carbons (Fsp3) is 0.462. The van der Waals surface area contributed by atoms with E-state index in [1.165, 1.54) is 18.2 Å². The molecule has 20 heavy (non-hydrogen) atoms. The number of sulfonamides is 1. The van der Waals surface area contributed by atoms with E-state index in [-0.39, 0.29) is 16.9 Å². The zero-order chi connectivity index (χ0) is 14.8. The summed E-state index contributed by atoms with van der Waals surface area (Å²) in [6, 6.07) is 4.12. The Morgan fingerprint density at radius 1 is 1.25 bits per heavy atom. The van der Waals surface area contributed by atoms with Crippen molar-refractivity contribution in [3.63, 3.8) is 0 Å². The average Bonchev–Trinajstić information content (AvgIpc) is 2.41. The van der Waals surface area contributed by atoms with Crippen LogP contribution in [-0.4, -0.2) is 24.7 Å². The molecular formula is C13H18N2O4S. The summed E-state index contributed by atoms with van der Waals surface area (Å²) in [5.74, 6) is -1.21. The molecule has 0 aliphatic heterocycles. The second-order valence-corrected chi connectivity index (χ2v) is 6.98.